The highest BCUT2D eigenvalue weighted by atomic mass is 19.1. The van der Waals surface area contributed by atoms with E-state index in [-0.39, 0.29) is 11.3 Å². The van der Waals surface area contributed by atoms with Crippen molar-refractivity contribution in [1.29, 1.82) is 0 Å². The molecule has 0 aliphatic carbocycles. The topological polar surface area (TPSA) is 79.5 Å². The molecule has 1 atom stereocenters. The summed E-state index contributed by atoms with van der Waals surface area (Å²) in [5.41, 5.74) is 0.730. The van der Waals surface area contributed by atoms with E-state index in [1.807, 2.05) is 0 Å². The second-order valence-electron chi connectivity index (χ2n) is 6.86. The van der Waals surface area contributed by atoms with Gasteiger partial charge in [0.15, 0.2) is 0 Å². The molecule has 3 N–H and O–H groups in total. The lowest BCUT2D eigenvalue weighted by atomic mass is 10.2. The normalized spacial score (nSPS) is 11.4. The molecule has 3 aromatic carbocycles. The first-order chi connectivity index (χ1) is 15.3. The summed E-state index contributed by atoms with van der Waals surface area (Å²) in [7, 11) is 1.42. The predicted octanol–water partition coefficient (Wildman–Crippen LogP) is 4.80. The Morgan fingerprint density at radius 1 is 0.875 bits per heavy atom. The minimum Gasteiger partial charge on any atom is -0.495 e. The molecule has 32 heavy (non-hydrogen) atoms. The molecule has 1 unspecified atom stereocenters. The van der Waals surface area contributed by atoms with Gasteiger partial charge in [0.1, 0.15) is 29.2 Å². The Kier molecular flexibility index (Phi) is 6.99. The third-order valence-electron chi connectivity index (χ3n) is 4.50. The van der Waals surface area contributed by atoms with Gasteiger partial charge in [-0.3, -0.25) is 9.59 Å². The first kappa shape index (κ1) is 22.7. The smallest absolute Gasteiger partial charge is 0.255 e. The zero-order valence-electron chi connectivity index (χ0n) is 17.2. The van der Waals surface area contributed by atoms with Gasteiger partial charge in [0.25, 0.3) is 5.91 Å². The van der Waals surface area contributed by atoms with Gasteiger partial charge in [-0.1, -0.05) is 6.07 Å². The Bertz CT molecular complexity index is 1150. The van der Waals surface area contributed by atoms with Gasteiger partial charge in [-0.2, -0.15) is 0 Å². The fraction of sp³-hybridized carbons (Fsp3) is 0.130. The number of rotatable bonds is 7. The van der Waals surface area contributed by atoms with Gasteiger partial charge in [-0.05, 0) is 55.5 Å². The summed E-state index contributed by atoms with van der Waals surface area (Å²) in [5.74, 6) is -2.94. The molecule has 2 amide bonds. The lowest BCUT2D eigenvalue weighted by Gasteiger charge is -2.18. The van der Waals surface area contributed by atoms with Crippen LogP contribution in [0.5, 0.6) is 5.75 Å². The second kappa shape index (κ2) is 9.86. The number of carbonyl (C=O) groups excluding carboxylic acids is 2. The summed E-state index contributed by atoms with van der Waals surface area (Å²) >= 11 is 0. The highest BCUT2D eigenvalue weighted by molar-refractivity contribution is 6.05. The van der Waals surface area contributed by atoms with Crippen molar-refractivity contribution in [3.05, 3.63) is 83.7 Å². The lowest BCUT2D eigenvalue weighted by Crippen LogP contribution is -2.32. The Morgan fingerprint density at radius 3 is 2.31 bits per heavy atom. The molecule has 166 valence electrons. The van der Waals surface area contributed by atoms with Gasteiger partial charge in [0, 0.05) is 17.3 Å². The van der Waals surface area contributed by atoms with Crippen LogP contribution in [-0.4, -0.2) is 25.0 Å². The zero-order valence-corrected chi connectivity index (χ0v) is 17.2. The van der Waals surface area contributed by atoms with Gasteiger partial charge in [-0.25, -0.2) is 13.2 Å². The van der Waals surface area contributed by atoms with Crippen LogP contribution < -0.4 is 20.7 Å². The van der Waals surface area contributed by atoms with Gasteiger partial charge >= 0.3 is 0 Å². The average molecular weight is 443 g/mol. The van der Waals surface area contributed by atoms with E-state index in [9.17, 15) is 22.8 Å². The van der Waals surface area contributed by atoms with Crippen LogP contribution in [0.4, 0.5) is 30.2 Å². The summed E-state index contributed by atoms with van der Waals surface area (Å²) in [4.78, 5) is 24.8. The van der Waals surface area contributed by atoms with Crippen LogP contribution in [0.2, 0.25) is 0 Å². The summed E-state index contributed by atoms with van der Waals surface area (Å²) in [6.45, 7) is 1.55. The fourth-order valence-corrected chi connectivity index (χ4v) is 2.87. The molecule has 9 heteroatoms. The predicted molar refractivity (Wildman–Crippen MR) is 115 cm³/mol. The first-order valence-corrected chi connectivity index (χ1v) is 9.54. The van der Waals surface area contributed by atoms with E-state index in [2.05, 4.69) is 16.0 Å². The SMILES string of the molecule is COc1ccc(NC(C)C(=O)Nc2ccc(F)cc2F)cc1NC(=O)c1cccc(F)c1. The van der Waals surface area contributed by atoms with Crippen molar-refractivity contribution < 1.29 is 27.5 Å². The molecule has 0 aromatic heterocycles. The van der Waals surface area contributed by atoms with Gasteiger partial charge in [0.05, 0.1) is 18.5 Å². The van der Waals surface area contributed by atoms with E-state index in [0.717, 1.165) is 18.2 Å². The van der Waals surface area contributed by atoms with E-state index >= 15 is 0 Å². The van der Waals surface area contributed by atoms with Crippen molar-refractivity contribution in [2.75, 3.05) is 23.1 Å². The molecule has 0 saturated carbocycles. The number of hydrogen-bond acceptors (Lipinski definition) is 4. The number of hydrogen-bond donors (Lipinski definition) is 3. The van der Waals surface area contributed by atoms with Crippen LogP contribution in [0, 0.1) is 17.5 Å². The number of ether oxygens (including phenoxy) is 1. The maximum atomic E-state index is 13.8. The van der Waals surface area contributed by atoms with Crippen molar-refractivity contribution in [2.45, 2.75) is 13.0 Å². The van der Waals surface area contributed by atoms with E-state index in [1.54, 1.807) is 19.1 Å². The van der Waals surface area contributed by atoms with Gasteiger partial charge < -0.3 is 20.7 Å². The van der Waals surface area contributed by atoms with Crippen molar-refractivity contribution in [2.24, 2.45) is 0 Å². The van der Waals surface area contributed by atoms with E-state index < -0.39 is 35.3 Å². The second-order valence-corrected chi connectivity index (χ2v) is 6.86. The Hall–Kier alpha value is -4.01. The number of anilines is 3. The number of amides is 2. The molecule has 0 heterocycles. The minimum absolute atomic E-state index is 0.125. The van der Waals surface area contributed by atoms with E-state index in [4.69, 9.17) is 4.74 Å². The third kappa shape index (κ3) is 5.57. The van der Waals surface area contributed by atoms with Crippen molar-refractivity contribution in [3.63, 3.8) is 0 Å². The summed E-state index contributed by atoms with van der Waals surface area (Å²) in [5, 5.41) is 7.96. The molecule has 0 bridgehead atoms. The molecular weight excluding hydrogens is 423 g/mol. The third-order valence-corrected chi connectivity index (χ3v) is 4.50. The molecule has 0 fully saturated rings. The molecule has 3 rings (SSSR count). The first-order valence-electron chi connectivity index (χ1n) is 9.54. The van der Waals surface area contributed by atoms with Crippen LogP contribution in [0.1, 0.15) is 17.3 Å². The molecule has 6 nitrogen and oxygen atoms in total. The Labute approximate surface area is 182 Å². The number of halogens is 3. The summed E-state index contributed by atoms with van der Waals surface area (Å²) in [6, 6.07) is 12.0. The van der Waals surface area contributed by atoms with Crippen LogP contribution in [0.15, 0.2) is 60.7 Å². The van der Waals surface area contributed by atoms with Crippen molar-refractivity contribution in [1.82, 2.24) is 0 Å². The van der Waals surface area contributed by atoms with Crippen LogP contribution in [0.3, 0.4) is 0 Å². The maximum absolute atomic E-state index is 13.8. The quantitative estimate of drug-likeness (QED) is 0.490. The number of benzene rings is 3. The largest absolute Gasteiger partial charge is 0.495 e. The Balaban J connectivity index is 1.72. The van der Waals surface area contributed by atoms with E-state index in [0.29, 0.717) is 23.2 Å². The molecule has 3 aromatic rings. The number of nitrogens with one attached hydrogen (secondary N) is 3. The minimum atomic E-state index is -0.891. The molecule has 0 radical (unpaired) electrons. The zero-order chi connectivity index (χ0) is 23.3. The molecule has 0 saturated heterocycles. The summed E-state index contributed by atoms with van der Waals surface area (Å²) < 4.78 is 45.4. The molecule has 0 spiro atoms. The van der Waals surface area contributed by atoms with Gasteiger partial charge in [0.2, 0.25) is 5.91 Å². The average Bonchev–Trinajstić information content (AvgIpc) is 2.75. The fourth-order valence-electron chi connectivity index (χ4n) is 2.87. The number of methoxy groups -OCH3 is 1. The van der Waals surface area contributed by atoms with Crippen LogP contribution >= 0.6 is 0 Å². The highest BCUT2D eigenvalue weighted by Crippen LogP contribution is 2.29. The van der Waals surface area contributed by atoms with Crippen LogP contribution in [-0.2, 0) is 4.79 Å². The monoisotopic (exact) mass is 443 g/mol. The molecular formula is C23H20F3N3O3. The number of carbonyl (C=O) groups is 2. The molecule has 0 aliphatic heterocycles. The van der Waals surface area contributed by atoms with Crippen LogP contribution in [0.25, 0.3) is 0 Å². The van der Waals surface area contributed by atoms with Crippen molar-refractivity contribution in [3.8, 4) is 5.75 Å². The molecule has 0 aliphatic rings. The standard InChI is InChI=1S/C23H20F3N3O3/c1-13(22(30)28-19-8-6-16(25)11-18(19)26)27-17-7-9-21(32-2)20(12-17)29-23(31)14-4-3-5-15(24)10-14/h3-13,27H,1-2H3,(H,28,30)(H,29,31). The Morgan fingerprint density at radius 2 is 1.62 bits per heavy atom. The summed E-state index contributed by atoms with van der Waals surface area (Å²) in [6.07, 6.45) is 0. The highest BCUT2D eigenvalue weighted by Gasteiger charge is 2.17. The van der Waals surface area contributed by atoms with Crippen molar-refractivity contribution >= 4 is 28.9 Å². The lowest BCUT2D eigenvalue weighted by molar-refractivity contribution is -0.116. The van der Waals surface area contributed by atoms with Gasteiger partial charge in [-0.15, -0.1) is 0 Å². The maximum Gasteiger partial charge on any atom is 0.255 e. The van der Waals surface area contributed by atoms with E-state index in [1.165, 1.54) is 31.4 Å².